The molecule has 232 valence electrons. The monoisotopic (exact) mass is 630 g/mol. The molecule has 3 aromatic carbocycles. The van der Waals surface area contributed by atoms with Crippen LogP contribution in [0, 0.1) is 12.8 Å². The van der Waals surface area contributed by atoms with E-state index in [9.17, 15) is 13.2 Å². The Morgan fingerprint density at radius 1 is 0.913 bits per heavy atom. The molecule has 8 nitrogen and oxygen atoms in total. The van der Waals surface area contributed by atoms with Gasteiger partial charge in [-0.1, -0.05) is 73.2 Å². The summed E-state index contributed by atoms with van der Waals surface area (Å²) in [5.74, 6) is 0.336. The third kappa shape index (κ3) is 4.52. The highest BCUT2D eigenvalue weighted by Gasteiger charge is 2.34. The van der Waals surface area contributed by atoms with Gasteiger partial charge >= 0.3 is 6.09 Å². The van der Waals surface area contributed by atoms with Gasteiger partial charge in [-0.2, -0.15) is 0 Å². The van der Waals surface area contributed by atoms with Crippen LogP contribution < -0.4 is 0 Å². The number of hydrogen-bond donors (Lipinski definition) is 0. The molecule has 1 aliphatic carbocycles. The summed E-state index contributed by atoms with van der Waals surface area (Å²) in [5, 5.41) is 0. The number of amides is 1. The van der Waals surface area contributed by atoms with Crippen LogP contribution in [0.3, 0.4) is 0 Å². The van der Waals surface area contributed by atoms with Crippen molar-refractivity contribution < 1.29 is 17.9 Å². The Morgan fingerprint density at radius 2 is 1.61 bits per heavy atom. The third-order valence-corrected chi connectivity index (χ3v) is 11.5. The Labute approximate surface area is 267 Å². The van der Waals surface area contributed by atoms with E-state index < -0.39 is 10.0 Å². The van der Waals surface area contributed by atoms with Crippen molar-refractivity contribution in [1.29, 1.82) is 0 Å². The largest absolute Gasteiger partial charge is 0.448 e. The molecule has 2 unspecified atom stereocenters. The summed E-state index contributed by atoms with van der Waals surface area (Å²) in [4.78, 5) is 20.2. The summed E-state index contributed by atoms with van der Waals surface area (Å²) in [7, 11) is -3.84. The van der Waals surface area contributed by atoms with Crippen molar-refractivity contribution in [3.05, 3.63) is 126 Å². The molecule has 2 atom stereocenters. The highest BCUT2D eigenvalue weighted by molar-refractivity contribution is 7.90. The number of likely N-dealkylation sites (tertiary alicyclic amines) is 1. The van der Waals surface area contributed by atoms with Crippen LogP contribution in [-0.2, 0) is 14.8 Å². The van der Waals surface area contributed by atoms with E-state index in [-0.39, 0.29) is 29.4 Å². The van der Waals surface area contributed by atoms with Gasteiger partial charge in [0.15, 0.2) is 5.65 Å². The standard InChI is InChI=1S/C37H34N4O4S/c1-24-11-14-27(15-12-24)46(43,44)40-20-18-35-36(40)38-21-26-13-16-34(41(26)35)32-22-39(19-17-25(32)2)37(42)45-23-33-30-9-5-3-7-28(30)29-8-4-6-10-31(29)33/h3-16,18,20-21,25,32-33H,17,19,22-23H2,1-2H3. The number of nitrogens with zero attached hydrogens (tertiary/aromatic N) is 4. The number of carbonyl (C=O) groups is 1. The fourth-order valence-corrected chi connectivity index (χ4v) is 8.58. The second kappa shape index (κ2) is 10.9. The summed E-state index contributed by atoms with van der Waals surface area (Å²) in [6.07, 6.45) is 3.81. The lowest BCUT2D eigenvalue weighted by Gasteiger charge is -2.36. The van der Waals surface area contributed by atoms with Crippen molar-refractivity contribution in [2.75, 3.05) is 19.7 Å². The van der Waals surface area contributed by atoms with Crippen molar-refractivity contribution >= 4 is 32.8 Å². The minimum absolute atomic E-state index is 0.00597. The number of carbonyl (C=O) groups excluding carboxylic acids is 1. The number of fused-ring (bicyclic) bond motifs is 6. The van der Waals surface area contributed by atoms with E-state index in [4.69, 9.17) is 4.74 Å². The maximum absolute atomic E-state index is 13.6. The zero-order valence-electron chi connectivity index (χ0n) is 25.7. The van der Waals surface area contributed by atoms with Crippen molar-refractivity contribution in [1.82, 2.24) is 18.3 Å². The molecule has 9 heteroatoms. The average molecular weight is 631 g/mol. The van der Waals surface area contributed by atoms with E-state index in [0.29, 0.717) is 30.2 Å². The minimum Gasteiger partial charge on any atom is -0.448 e. The second-order valence-corrected chi connectivity index (χ2v) is 14.4. The van der Waals surface area contributed by atoms with Crippen LogP contribution in [0.15, 0.2) is 108 Å². The van der Waals surface area contributed by atoms with Crippen LogP contribution in [0.2, 0.25) is 0 Å². The number of aryl methyl sites for hydroxylation is 1. The van der Waals surface area contributed by atoms with E-state index >= 15 is 0 Å². The first-order valence-electron chi connectivity index (χ1n) is 15.7. The highest BCUT2D eigenvalue weighted by Crippen LogP contribution is 2.44. The molecule has 0 bridgehead atoms. The van der Waals surface area contributed by atoms with Gasteiger partial charge in [0, 0.05) is 36.8 Å². The lowest BCUT2D eigenvalue weighted by atomic mass is 9.85. The van der Waals surface area contributed by atoms with E-state index in [1.807, 2.05) is 42.2 Å². The van der Waals surface area contributed by atoms with Gasteiger partial charge in [-0.15, -0.1) is 0 Å². The predicted molar refractivity (Wildman–Crippen MR) is 178 cm³/mol. The molecule has 0 saturated carbocycles. The molecule has 0 N–H and O–H groups in total. The van der Waals surface area contributed by atoms with Gasteiger partial charge in [-0.25, -0.2) is 22.2 Å². The SMILES string of the molecule is Cc1ccc(S(=O)(=O)n2ccc3c2ncc2ccc(C4CN(C(=O)OCC5c6ccccc6-c6ccccc65)CCC4C)n23)cc1. The fraction of sp³-hybridized carbons (Fsp3) is 0.243. The highest BCUT2D eigenvalue weighted by atomic mass is 32.2. The maximum atomic E-state index is 13.6. The van der Waals surface area contributed by atoms with Crippen molar-refractivity contribution in [3.8, 4) is 11.1 Å². The molecule has 2 aliphatic rings. The Bertz CT molecular complexity index is 2190. The van der Waals surface area contributed by atoms with E-state index in [2.05, 4.69) is 46.6 Å². The molecule has 0 radical (unpaired) electrons. The quantitative estimate of drug-likeness (QED) is 0.201. The number of benzene rings is 3. The van der Waals surface area contributed by atoms with E-state index in [1.54, 1.807) is 42.7 Å². The Balaban J connectivity index is 1.07. The molecule has 1 saturated heterocycles. The Morgan fingerprint density at radius 3 is 2.33 bits per heavy atom. The van der Waals surface area contributed by atoms with Gasteiger partial charge in [0.2, 0.25) is 0 Å². The molecular formula is C37H34N4O4S. The van der Waals surface area contributed by atoms with Crippen LogP contribution >= 0.6 is 0 Å². The number of rotatable bonds is 5. The van der Waals surface area contributed by atoms with Crippen LogP contribution in [0.4, 0.5) is 4.79 Å². The number of piperidine rings is 1. The Hall–Kier alpha value is -4.89. The molecule has 4 heterocycles. The summed E-state index contributed by atoms with van der Waals surface area (Å²) < 4.78 is 36.6. The summed E-state index contributed by atoms with van der Waals surface area (Å²) in [6, 6.07) is 29.4. The van der Waals surface area contributed by atoms with Gasteiger partial charge in [0.25, 0.3) is 10.0 Å². The topological polar surface area (TPSA) is 85.9 Å². The minimum atomic E-state index is -3.84. The lowest BCUT2D eigenvalue weighted by Crippen LogP contribution is -2.43. The van der Waals surface area contributed by atoms with Gasteiger partial charge in [-0.05, 0) is 71.8 Å². The zero-order valence-corrected chi connectivity index (χ0v) is 26.5. The summed E-state index contributed by atoms with van der Waals surface area (Å²) in [5.41, 5.74) is 8.74. The summed E-state index contributed by atoms with van der Waals surface area (Å²) in [6.45, 7) is 5.56. The van der Waals surface area contributed by atoms with Gasteiger partial charge < -0.3 is 14.0 Å². The lowest BCUT2D eigenvalue weighted by molar-refractivity contribution is 0.0808. The van der Waals surface area contributed by atoms with Gasteiger partial charge in [0.1, 0.15) is 6.61 Å². The molecule has 1 aliphatic heterocycles. The molecule has 1 amide bonds. The van der Waals surface area contributed by atoms with Gasteiger partial charge in [-0.3, -0.25) is 0 Å². The second-order valence-electron chi connectivity index (χ2n) is 12.5. The van der Waals surface area contributed by atoms with E-state index in [0.717, 1.165) is 23.2 Å². The molecule has 3 aromatic heterocycles. The molecule has 1 fully saturated rings. The first-order valence-corrected chi connectivity index (χ1v) is 17.1. The van der Waals surface area contributed by atoms with E-state index in [1.165, 1.54) is 26.2 Å². The first kappa shape index (κ1) is 28.6. The van der Waals surface area contributed by atoms with Crippen LogP contribution in [0.25, 0.3) is 27.8 Å². The predicted octanol–water partition coefficient (Wildman–Crippen LogP) is 7.21. The molecule has 6 aromatic rings. The van der Waals surface area contributed by atoms with Crippen LogP contribution in [0.5, 0.6) is 0 Å². The van der Waals surface area contributed by atoms with Crippen molar-refractivity contribution in [2.45, 2.75) is 37.0 Å². The normalized spacial score (nSPS) is 18.2. The molecular weight excluding hydrogens is 596 g/mol. The van der Waals surface area contributed by atoms with Crippen molar-refractivity contribution in [3.63, 3.8) is 0 Å². The third-order valence-electron chi connectivity index (χ3n) is 9.82. The first-order chi connectivity index (χ1) is 22.3. The number of hydrogen-bond acceptors (Lipinski definition) is 5. The number of aromatic nitrogens is 3. The van der Waals surface area contributed by atoms with Gasteiger partial charge in [0.05, 0.1) is 22.1 Å². The maximum Gasteiger partial charge on any atom is 0.409 e. The van der Waals surface area contributed by atoms with Crippen LogP contribution in [0.1, 0.15) is 47.6 Å². The molecule has 0 spiro atoms. The smallest absolute Gasteiger partial charge is 0.409 e. The van der Waals surface area contributed by atoms with Crippen LogP contribution in [-0.4, -0.2) is 52.5 Å². The fourth-order valence-electron chi connectivity index (χ4n) is 7.28. The number of ether oxygens (including phenoxy) is 1. The average Bonchev–Trinajstić information content (AvgIpc) is 3.78. The summed E-state index contributed by atoms with van der Waals surface area (Å²) >= 11 is 0. The zero-order chi connectivity index (χ0) is 31.6. The molecule has 8 rings (SSSR count). The Kier molecular flexibility index (Phi) is 6.76. The molecule has 46 heavy (non-hydrogen) atoms. The van der Waals surface area contributed by atoms with Crippen molar-refractivity contribution in [2.24, 2.45) is 5.92 Å².